The minimum atomic E-state index is 0.590. The molecule has 0 spiro atoms. The molecule has 0 fully saturated rings. The summed E-state index contributed by atoms with van der Waals surface area (Å²) >= 11 is 0. The van der Waals surface area contributed by atoms with E-state index in [4.69, 9.17) is 15.0 Å². The number of hydrogen-bond donors (Lipinski definition) is 0. The molecule has 0 aliphatic heterocycles. The third-order valence-electron chi connectivity index (χ3n) is 11.5. The van der Waals surface area contributed by atoms with Crippen LogP contribution in [0.4, 0.5) is 0 Å². The van der Waals surface area contributed by atoms with Gasteiger partial charge in [0.05, 0.1) is 22.1 Å². The fraction of sp³-hybridized carbons (Fsp3) is 0. The number of benzene rings is 9. The third-order valence-corrected chi connectivity index (χ3v) is 11.5. The van der Waals surface area contributed by atoms with Gasteiger partial charge in [0.1, 0.15) is 6.33 Å². The van der Waals surface area contributed by atoms with E-state index in [0.717, 1.165) is 38.6 Å². The minimum absolute atomic E-state index is 0.590. The molecule has 9 aromatic carbocycles. The summed E-state index contributed by atoms with van der Waals surface area (Å²) < 4.78 is 4.52. The SMILES string of the molecule is c1ccc(-n2c3ccccc3c3cc(-c4ccc5c(c4)c4ccccc4n5-c4ncnc(-c5ccc6c7ccccc7c7ccccc7c6c5)n4)ccc32)cc1. The summed E-state index contributed by atoms with van der Waals surface area (Å²) in [5.41, 5.74) is 8.93. The van der Waals surface area contributed by atoms with E-state index in [-0.39, 0.29) is 0 Å². The van der Waals surface area contributed by atoms with E-state index in [9.17, 15) is 0 Å². The largest absolute Gasteiger partial charge is 0.309 e. The van der Waals surface area contributed by atoms with Gasteiger partial charge >= 0.3 is 0 Å². The molecule has 260 valence electrons. The smallest absolute Gasteiger partial charge is 0.238 e. The second-order valence-electron chi connectivity index (χ2n) is 14.5. The van der Waals surface area contributed by atoms with Crippen molar-refractivity contribution in [1.82, 2.24) is 24.1 Å². The van der Waals surface area contributed by atoms with Gasteiger partial charge in [-0.2, -0.15) is 4.98 Å². The summed E-state index contributed by atoms with van der Waals surface area (Å²) in [4.78, 5) is 14.6. The van der Waals surface area contributed by atoms with Gasteiger partial charge in [-0.25, -0.2) is 9.97 Å². The number of nitrogens with zero attached hydrogens (tertiary/aromatic N) is 5. The lowest BCUT2D eigenvalue weighted by molar-refractivity contribution is 0.947. The topological polar surface area (TPSA) is 48.5 Å². The zero-order valence-corrected chi connectivity index (χ0v) is 30.1. The van der Waals surface area contributed by atoms with E-state index in [1.807, 2.05) is 0 Å². The zero-order chi connectivity index (χ0) is 36.7. The highest BCUT2D eigenvalue weighted by molar-refractivity contribution is 6.25. The van der Waals surface area contributed by atoms with Gasteiger partial charge in [-0.3, -0.25) is 4.57 Å². The normalized spacial score (nSPS) is 11.9. The monoisotopic (exact) mass is 713 g/mol. The minimum Gasteiger partial charge on any atom is -0.309 e. The van der Waals surface area contributed by atoms with E-state index in [1.165, 1.54) is 59.7 Å². The average molecular weight is 714 g/mol. The number of aromatic nitrogens is 5. The van der Waals surface area contributed by atoms with Crippen molar-refractivity contribution in [3.8, 4) is 34.2 Å². The molecule has 0 N–H and O–H groups in total. The predicted octanol–water partition coefficient (Wildman–Crippen LogP) is 12.9. The molecule has 0 amide bonds. The second-order valence-corrected chi connectivity index (χ2v) is 14.5. The van der Waals surface area contributed by atoms with Crippen molar-refractivity contribution in [3.63, 3.8) is 0 Å². The van der Waals surface area contributed by atoms with Crippen LogP contribution in [-0.4, -0.2) is 24.1 Å². The van der Waals surface area contributed by atoms with E-state index in [1.54, 1.807) is 6.33 Å². The van der Waals surface area contributed by atoms with Crippen LogP contribution in [0.1, 0.15) is 0 Å². The summed E-state index contributed by atoms with van der Waals surface area (Å²) in [6, 6.07) is 65.2. The van der Waals surface area contributed by atoms with E-state index in [2.05, 4.69) is 191 Å². The van der Waals surface area contributed by atoms with Gasteiger partial charge in [-0.1, -0.05) is 127 Å². The van der Waals surface area contributed by atoms with Gasteiger partial charge in [-0.05, 0) is 98.0 Å². The van der Waals surface area contributed by atoms with Crippen molar-refractivity contribution in [1.29, 1.82) is 0 Å². The highest BCUT2D eigenvalue weighted by atomic mass is 15.2. The van der Waals surface area contributed by atoms with Crippen LogP contribution in [-0.2, 0) is 0 Å². The van der Waals surface area contributed by atoms with Crippen molar-refractivity contribution in [2.24, 2.45) is 0 Å². The van der Waals surface area contributed by atoms with Gasteiger partial charge in [0, 0.05) is 32.8 Å². The fourth-order valence-corrected chi connectivity index (χ4v) is 8.96. The Hall–Kier alpha value is -7.63. The van der Waals surface area contributed by atoms with Crippen LogP contribution in [0, 0.1) is 0 Å². The summed E-state index contributed by atoms with van der Waals surface area (Å²) in [6.45, 7) is 0. The molecule has 12 aromatic rings. The first-order valence-corrected chi connectivity index (χ1v) is 18.9. The molecule has 0 atom stereocenters. The molecule has 5 nitrogen and oxygen atoms in total. The van der Waals surface area contributed by atoms with Gasteiger partial charge in [0.25, 0.3) is 0 Å². The predicted molar refractivity (Wildman–Crippen MR) is 232 cm³/mol. The first kappa shape index (κ1) is 30.8. The molecule has 12 rings (SSSR count). The standard InChI is InChI=1S/C51H31N5/c1-2-12-35(13-3-1)55-46-20-10-8-18-41(46)44-28-32(23-26-48(44)55)33-24-27-49-45(29-33)42-19-9-11-21-47(42)56(49)51-53-31-52-50(54-51)34-22-25-40-38-16-5-4-14-36(38)37-15-6-7-17-39(37)43(40)30-34/h1-31H. The number of hydrogen-bond acceptors (Lipinski definition) is 3. The summed E-state index contributed by atoms with van der Waals surface area (Å²) in [5.74, 6) is 1.23. The van der Waals surface area contributed by atoms with E-state index >= 15 is 0 Å². The maximum absolute atomic E-state index is 5.14. The van der Waals surface area contributed by atoms with Crippen molar-refractivity contribution in [2.75, 3.05) is 0 Å². The first-order chi connectivity index (χ1) is 27.8. The molecule has 0 aliphatic carbocycles. The Balaban J connectivity index is 1.00. The Labute approximate surface area is 321 Å². The zero-order valence-electron chi connectivity index (χ0n) is 30.1. The highest BCUT2D eigenvalue weighted by Gasteiger charge is 2.18. The van der Waals surface area contributed by atoms with Crippen LogP contribution < -0.4 is 0 Å². The molecule has 0 saturated heterocycles. The maximum atomic E-state index is 5.14. The van der Waals surface area contributed by atoms with Crippen LogP contribution in [0.2, 0.25) is 0 Å². The molecule has 0 aliphatic rings. The summed E-state index contributed by atoms with van der Waals surface area (Å²) in [6.07, 6.45) is 1.64. The first-order valence-electron chi connectivity index (χ1n) is 18.9. The third kappa shape index (κ3) is 4.52. The van der Waals surface area contributed by atoms with Gasteiger partial charge in [-0.15, -0.1) is 0 Å². The number of rotatable bonds is 4. The molecule has 3 aromatic heterocycles. The van der Waals surface area contributed by atoms with Gasteiger partial charge in [0.15, 0.2) is 5.82 Å². The Morgan fingerprint density at radius 1 is 0.304 bits per heavy atom. The van der Waals surface area contributed by atoms with Crippen LogP contribution in [0.5, 0.6) is 0 Å². The molecule has 56 heavy (non-hydrogen) atoms. The van der Waals surface area contributed by atoms with Crippen molar-refractivity contribution >= 4 is 75.9 Å². The second kappa shape index (κ2) is 11.9. The van der Waals surface area contributed by atoms with Crippen molar-refractivity contribution < 1.29 is 0 Å². The fourth-order valence-electron chi connectivity index (χ4n) is 8.96. The average Bonchev–Trinajstić information content (AvgIpc) is 3.79. The Morgan fingerprint density at radius 3 is 1.38 bits per heavy atom. The van der Waals surface area contributed by atoms with E-state index < -0.39 is 0 Å². The molecule has 0 unspecified atom stereocenters. The molecule has 5 heteroatoms. The van der Waals surface area contributed by atoms with E-state index in [0.29, 0.717) is 11.8 Å². The number of para-hydroxylation sites is 3. The molecule has 3 heterocycles. The molecule has 0 bridgehead atoms. The van der Waals surface area contributed by atoms with Crippen LogP contribution in [0.3, 0.4) is 0 Å². The van der Waals surface area contributed by atoms with Crippen LogP contribution in [0.25, 0.3) is 110 Å². The summed E-state index contributed by atoms with van der Waals surface area (Å²) in [7, 11) is 0. The lowest BCUT2D eigenvalue weighted by Crippen LogP contribution is -2.03. The van der Waals surface area contributed by atoms with Crippen LogP contribution in [0.15, 0.2) is 188 Å². The maximum Gasteiger partial charge on any atom is 0.238 e. The lowest BCUT2D eigenvalue weighted by Gasteiger charge is -2.12. The molecular formula is C51H31N5. The molecule has 0 saturated carbocycles. The van der Waals surface area contributed by atoms with Gasteiger partial charge in [0.2, 0.25) is 5.95 Å². The van der Waals surface area contributed by atoms with Crippen molar-refractivity contribution in [2.45, 2.75) is 0 Å². The highest BCUT2D eigenvalue weighted by Crippen LogP contribution is 2.39. The Bertz CT molecular complexity index is 3510. The molecule has 0 radical (unpaired) electrons. The summed E-state index contributed by atoms with van der Waals surface area (Å²) in [5, 5.41) is 12.1. The van der Waals surface area contributed by atoms with Crippen molar-refractivity contribution in [3.05, 3.63) is 188 Å². The Kier molecular flexibility index (Phi) is 6.56. The van der Waals surface area contributed by atoms with Gasteiger partial charge < -0.3 is 4.57 Å². The van der Waals surface area contributed by atoms with Crippen LogP contribution >= 0.6 is 0 Å². The Morgan fingerprint density at radius 2 is 0.750 bits per heavy atom. The molecular weight excluding hydrogens is 683 g/mol. The lowest BCUT2D eigenvalue weighted by atomic mass is 9.93. The number of fused-ring (bicyclic) bond motifs is 12. The quantitative estimate of drug-likeness (QED) is 0.171.